The maximum atomic E-state index is 2.62. The zero-order valence-corrected chi connectivity index (χ0v) is 27.1. The molecule has 0 unspecified atom stereocenters. The van der Waals surface area contributed by atoms with Gasteiger partial charge in [-0.3, -0.25) is 0 Å². The largest absolute Gasteiger partial charge is 0.147 e. The average molecular weight is 623 g/mol. The Kier molecular flexibility index (Phi) is 11.2. The summed E-state index contributed by atoms with van der Waals surface area (Å²) in [7, 11) is 0. The molecule has 0 radical (unpaired) electrons. The third-order valence-electron chi connectivity index (χ3n) is 7.34. The van der Waals surface area contributed by atoms with Crippen LogP contribution in [0.5, 0.6) is 0 Å². The van der Waals surface area contributed by atoms with Crippen LogP contribution in [0.2, 0.25) is 6.55 Å². The van der Waals surface area contributed by atoms with E-state index < -0.39 is 25.8 Å². The molecule has 2 aliphatic rings. The van der Waals surface area contributed by atoms with Gasteiger partial charge in [-0.25, -0.2) is 0 Å². The number of benzene rings is 3. The van der Waals surface area contributed by atoms with Crippen LogP contribution in [0.4, 0.5) is 0 Å². The molecule has 190 valence electrons. The predicted molar refractivity (Wildman–Crippen MR) is 165 cm³/mol. The first-order valence-electron chi connectivity index (χ1n) is 12.9. The van der Waals surface area contributed by atoms with Gasteiger partial charge >= 0.3 is 220 Å². The van der Waals surface area contributed by atoms with Crippen LogP contribution in [-0.4, -0.2) is 5.43 Å². The van der Waals surface area contributed by atoms with Crippen LogP contribution >= 0.6 is 24.8 Å². The third-order valence-corrected chi connectivity index (χ3v) is 25.8. The Morgan fingerprint density at radius 3 is 1.59 bits per heavy atom. The summed E-state index contributed by atoms with van der Waals surface area (Å²) in [6.45, 7) is 7.13. The van der Waals surface area contributed by atoms with E-state index in [1.54, 1.807) is 5.19 Å². The molecule has 4 heteroatoms. The number of rotatable bonds is 7. The summed E-state index contributed by atoms with van der Waals surface area (Å²) in [5.41, 5.74) is 8.12. The zero-order chi connectivity index (χ0) is 24.2. The molecule has 5 rings (SSSR count). The Balaban J connectivity index is 0.00000190. The Labute approximate surface area is 243 Å². The number of halogens is 2. The number of hydrogen-bond acceptors (Lipinski definition) is 0. The van der Waals surface area contributed by atoms with Crippen LogP contribution < -0.4 is 5.19 Å². The van der Waals surface area contributed by atoms with Crippen LogP contribution in [0.25, 0.3) is 11.1 Å². The molecule has 37 heavy (non-hydrogen) atoms. The molecule has 0 bridgehead atoms. The van der Waals surface area contributed by atoms with E-state index in [4.69, 9.17) is 0 Å². The van der Waals surface area contributed by atoms with Gasteiger partial charge in [0.1, 0.15) is 0 Å². The van der Waals surface area contributed by atoms with Gasteiger partial charge in [0.25, 0.3) is 0 Å². The quantitative estimate of drug-likeness (QED) is 0.231. The molecule has 0 aliphatic heterocycles. The fourth-order valence-corrected chi connectivity index (χ4v) is 25.1. The molecule has 0 saturated heterocycles. The molecule has 0 aromatic heterocycles. The number of hydrogen-bond donors (Lipinski definition) is 0. The molecule has 0 nitrogen and oxygen atoms in total. The standard InChI is InChI=1S/2C13H13.C7H8Si.2ClH.Zr/c2*1-2-11-6-5-9-13(10-11)12-7-3-4-8-12;1-8-7-5-3-2-4-6-7;;;/h2*3,5-7,9-10H,2,4H2,1H3;2-6H,1H3;2*1H;. The van der Waals surface area contributed by atoms with Gasteiger partial charge in [0.2, 0.25) is 0 Å². The van der Waals surface area contributed by atoms with Gasteiger partial charge in [-0.05, 0) is 0 Å². The van der Waals surface area contributed by atoms with Crippen LogP contribution in [0, 0.1) is 0 Å². The van der Waals surface area contributed by atoms with E-state index in [2.05, 4.69) is 124 Å². The fraction of sp³-hybridized carbons (Fsp3) is 0.212. The van der Waals surface area contributed by atoms with Crippen molar-refractivity contribution in [3.05, 3.63) is 132 Å². The second-order valence-electron chi connectivity index (χ2n) is 9.47. The number of aryl methyl sites for hydroxylation is 2. The topological polar surface area (TPSA) is 0 Å². The molecule has 0 heterocycles. The maximum Gasteiger partial charge on any atom is -0.147 e. The van der Waals surface area contributed by atoms with E-state index >= 15 is 0 Å². The molecule has 0 amide bonds. The van der Waals surface area contributed by atoms with Gasteiger partial charge in [0.15, 0.2) is 0 Å². The molecule has 0 fully saturated rings. The summed E-state index contributed by atoms with van der Waals surface area (Å²) in [4.78, 5) is 0. The van der Waals surface area contributed by atoms with Crippen LogP contribution in [0.3, 0.4) is 0 Å². The molecule has 0 atom stereocenters. The summed E-state index contributed by atoms with van der Waals surface area (Å²) in [6, 6.07) is 30.0. The van der Waals surface area contributed by atoms with Crippen LogP contribution in [0.15, 0.2) is 110 Å². The normalized spacial score (nSPS) is 14.0. The molecule has 3 aromatic rings. The van der Waals surface area contributed by atoms with Gasteiger partial charge in [0, 0.05) is 0 Å². The minimum atomic E-state index is -2.22. The molecular weight excluding hydrogens is 587 g/mol. The summed E-state index contributed by atoms with van der Waals surface area (Å²) < 4.78 is 3.62. The van der Waals surface area contributed by atoms with Gasteiger partial charge in [-0.15, -0.1) is 24.8 Å². The molecule has 3 aromatic carbocycles. The van der Waals surface area contributed by atoms with E-state index in [9.17, 15) is 0 Å². The first-order chi connectivity index (χ1) is 17.2. The molecule has 2 aliphatic carbocycles. The monoisotopic (exact) mass is 620 g/mol. The first kappa shape index (κ1) is 29.9. The Bertz CT molecular complexity index is 1330. The van der Waals surface area contributed by atoms with Crippen molar-refractivity contribution < 1.29 is 20.4 Å². The van der Waals surface area contributed by atoms with Crippen molar-refractivity contribution in [2.45, 2.75) is 46.1 Å². The average Bonchev–Trinajstić information content (AvgIpc) is 3.60. The first-order valence-corrected chi connectivity index (χ1v) is 21.1. The predicted octanol–water partition coefficient (Wildman–Crippen LogP) is 8.84. The van der Waals surface area contributed by atoms with Crippen LogP contribution in [-0.2, 0) is 33.2 Å². The van der Waals surface area contributed by atoms with Gasteiger partial charge in [-0.2, -0.15) is 0 Å². The third kappa shape index (κ3) is 6.48. The second kappa shape index (κ2) is 13.9. The van der Waals surface area contributed by atoms with E-state index in [0.717, 1.165) is 25.7 Å². The fourth-order valence-electron chi connectivity index (χ4n) is 5.41. The number of allylic oxidation sites excluding steroid dienone is 8. The van der Waals surface area contributed by atoms with E-state index in [1.807, 2.05) is 6.56 Å². The zero-order valence-electron chi connectivity index (χ0n) is 22.0. The molecular formula is C33H36Cl2SiZr. The van der Waals surface area contributed by atoms with Crippen molar-refractivity contribution in [1.29, 1.82) is 0 Å². The van der Waals surface area contributed by atoms with E-state index in [-0.39, 0.29) is 24.8 Å². The van der Waals surface area contributed by atoms with Crippen molar-refractivity contribution >= 4 is 46.6 Å². The van der Waals surface area contributed by atoms with Crippen LogP contribution in [0.1, 0.15) is 48.9 Å². The van der Waals surface area contributed by atoms with Gasteiger partial charge in [0.05, 0.1) is 0 Å². The van der Waals surface area contributed by atoms with Gasteiger partial charge in [-0.1, -0.05) is 0 Å². The maximum absolute atomic E-state index is 2.62. The minimum absolute atomic E-state index is 0. The molecule has 0 N–H and O–H groups in total. The van der Waals surface area contributed by atoms with E-state index in [0.29, 0.717) is 0 Å². The smallest absolute Gasteiger partial charge is 0.147 e. The minimum Gasteiger partial charge on any atom is -0.147 e. The summed E-state index contributed by atoms with van der Waals surface area (Å²) in [5, 5.41) is 1.61. The van der Waals surface area contributed by atoms with Crippen molar-refractivity contribution in [3.63, 3.8) is 0 Å². The van der Waals surface area contributed by atoms with Crippen molar-refractivity contribution in [1.82, 2.24) is 0 Å². The summed E-state index contributed by atoms with van der Waals surface area (Å²) >= 11 is -2.22. The summed E-state index contributed by atoms with van der Waals surface area (Å²) in [5.74, 6) is 0. The Hall–Kier alpha value is -1.70. The molecule has 0 saturated carbocycles. The summed E-state index contributed by atoms with van der Waals surface area (Å²) in [6.07, 6.45) is 14.2. The van der Waals surface area contributed by atoms with Crippen molar-refractivity contribution in [2.24, 2.45) is 0 Å². The molecule has 0 spiro atoms. The van der Waals surface area contributed by atoms with Crippen molar-refractivity contribution in [3.8, 4) is 0 Å². The SMILES string of the molecule is CCc1cccc(C2=[C]([Zr]([C]3=C(c4cccc(CC)c4)C=CC3)=[Si](C)c3ccccc3)CC=C2)c1.Cl.Cl. The Morgan fingerprint density at radius 2 is 1.14 bits per heavy atom. The van der Waals surface area contributed by atoms with Gasteiger partial charge < -0.3 is 0 Å². The Morgan fingerprint density at radius 1 is 0.649 bits per heavy atom. The van der Waals surface area contributed by atoms with E-state index in [1.165, 1.54) is 33.4 Å². The van der Waals surface area contributed by atoms with Crippen molar-refractivity contribution in [2.75, 3.05) is 0 Å². The second-order valence-corrected chi connectivity index (χ2v) is 24.6.